The maximum Gasteiger partial charge on any atom is 0.213 e. The Morgan fingerprint density at radius 3 is 3.21 bits per heavy atom. The van der Waals surface area contributed by atoms with Crippen molar-refractivity contribution in [2.24, 2.45) is 0 Å². The van der Waals surface area contributed by atoms with Crippen molar-refractivity contribution in [3.8, 4) is 5.88 Å². The van der Waals surface area contributed by atoms with Gasteiger partial charge in [0.1, 0.15) is 0 Å². The number of hydrogen-bond acceptors (Lipinski definition) is 4. The van der Waals surface area contributed by atoms with Crippen LogP contribution in [0.5, 0.6) is 5.88 Å². The van der Waals surface area contributed by atoms with E-state index in [2.05, 4.69) is 27.8 Å². The zero-order chi connectivity index (χ0) is 13.3. The molecule has 1 aromatic rings. The van der Waals surface area contributed by atoms with Gasteiger partial charge in [0.05, 0.1) is 7.11 Å². The van der Waals surface area contributed by atoms with E-state index >= 15 is 0 Å². The van der Waals surface area contributed by atoms with E-state index in [0.29, 0.717) is 5.88 Å². The number of nitrogens with one attached hydrogen (secondary N) is 2. The van der Waals surface area contributed by atoms with E-state index in [0.717, 1.165) is 32.5 Å². The Morgan fingerprint density at radius 1 is 1.47 bits per heavy atom. The summed E-state index contributed by atoms with van der Waals surface area (Å²) in [6, 6.07) is 3.97. The normalized spacial score (nSPS) is 13.8. The number of rotatable bonds is 7. The van der Waals surface area contributed by atoms with E-state index in [1.165, 1.54) is 11.1 Å². The van der Waals surface area contributed by atoms with Gasteiger partial charge in [-0.05, 0) is 48.9 Å². The molecule has 0 aromatic carbocycles. The molecule has 1 aliphatic heterocycles. The van der Waals surface area contributed by atoms with Crippen LogP contribution in [-0.4, -0.2) is 25.2 Å². The number of ether oxygens (including phenoxy) is 1. The minimum atomic E-state index is 0.671. The fourth-order valence-corrected chi connectivity index (χ4v) is 2.00. The molecule has 0 unspecified atom stereocenters. The smallest absolute Gasteiger partial charge is 0.213 e. The molecule has 0 saturated heterocycles. The summed E-state index contributed by atoms with van der Waals surface area (Å²) in [5.74, 6) is 0.671. The Labute approximate surface area is 114 Å². The lowest BCUT2D eigenvalue weighted by Crippen LogP contribution is -2.15. The second-order valence-electron chi connectivity index (χ2n) is 4.51. The summed E-state index contributed by atoms with van der Waals surface area (Å²) in [7, 11) is 1.64. The van der Waals surface area contributed by atoms with Gasteiger partial charge in [0.15, 0.2) is 0 Å². The lowest BCUT2D eigenvalue weighted by molar-refractivity contribution is 0.397. The quantitative estimate of drug-likeness (QED) is 0.735. The number of dihydropyridines is 1. The zero-order valence-corrected chi connectivity index (χ0v) is 11.4. The van der Waals surface area contributed by atoms with Gasteiger partial charge in [-0.3, -0.25) is 0 Å². The highest BCUT2D eigenvalue weighted by molar-refractivity contribution is 5.22. The topological polar surface area (TPSA) is 46.2 Å². The average molecular weight is 259 g/mol. The molecule has 0 fully saturated rings. The van der Waals surface area contributed by atoms with Crippen LogP contribution in [0.3, 0.4) is 0 Å². The van der Waals surface area contributed by atoms with Gasteiger partial charge in [0, 0.05) is 25.4 Å². The average Bonchev–Trinajstić information content (AvgIpc) is 2.48. The van der Waals surface area contributed by atoms with Crippen LogP contribution in [0.15, 0.2) is 42.3 Å². The lowest BCUT2D eigenvalue weighted by Gasteiger charge is -2.09. The number of pyridine rings is 1. The molecule has 0 atom stereocenters. The number of aromatic nitrogens is 1. The Hall–Kier alpha value is -1.81. The highest BCUT2D eigenvalue weighted by Crippen LogP contribution is 2.09. The molecular formula is C15H21N3O. The van der Waals surface area contributed by atoms with E-state index in [9.17, 15) is 0 Å². The van der Waals surface area contributed by atoms with E-state index in [1.54, 1.807) is 13.3 Å². The van der Waals surface area contributed by atoms with Crippen LogP contribution in [0.4, 0.5) is 0 Å². The molecule has 0 radical (unpaired) electrons. The molecule has 4 nitrogen and oxygen atoms in total. The molecule has 2 heterocycles. The highest BCUT2D eigenvalue weighted by Gasteiger charge is 1.98. The number of nitrogens with zero attached hydrogens (tertiary/aromatic N) is 1. The summed E-state index contributed by atoms with van der Waals surface area (Å²) in [5, 5.41) is 6.60. The summed E-state index contributed by atoms with van der Waals surface area (Å²) >= 11 is 0. The third-order valence-corrected chi connectivity index (χ3v) is 3.05. The molecular weight excluding hydrogens is 238 g/mol. The molecule has 0 saturated carbocycles. The van der Waals surface area contributed by atoms with Gasteiger partial charge in [0.2, 0.25) is 5.88 Å². The minimum absolute atomic E-state index is 0.671. The van der Waals surface area contributed by atoms with Gasteiger partial charge in [0.25, 0.3) is 0 Å². The third-order valence-electron chi connectivity index (χ3n) is 3.05. The predicted molar refractivity (Wildman–Crippen MR) is 77.0 cm³/mol. The van der Waals surface area contributed by atoms with Crippen LogP contribution in [0, 0.1) is 0 Å². The van der Waals surface area contributed by atoms with Crippen molar-refractivity contribution < 1.29 is 4.74 Å². The highest BCUT2D eigenvalue weighted by atomic mass is 16.5. The van der Waals surface area contributed by atoms with E-state index in [-0.39, 0.29) is 0 Å². The molecule has 0 amide bonds. The predicted octanol–water partition coefficient (Wildman–Crippen LogP) is 2.00. The summed E-state index contributed by atoms with van der Waals surface area (Å²) in [5.41, 5.74) is 2.62. The third kappa shape index (κ3) is 4.75. The standard InChI is InChI=1S/C15H21N3O/c1-19-15-11-14(6-10-18-15)12-17-7-2-3-13-4-8-16-9-5-13/h4-6,8,10-11,16-17H,2-3,7,9,12H2,1H3. The molecule has 2 rings (SSSR count). The Bertz CT molecular complexity index is 454. The Kier molecular flexibility index (Phi) is 5.44. The number of allylic oxidation sites excluding steroid dienone is 2. The largest absolute Gasteiger partial charge is 0.481 e. The molecule has 2 N–H and O–H groups in total. The van der Waals surface area contributed by atoms with Crippen molar-refractivity contribution in [2.75, 3.05) is 20.2 Å². The first kappa shape index (κ1) is 13.6. The fourth-order valence-electron chi connectivity index (χ4n) is 2.00. The van der Waals surface area contributed by atoms with Crippen LogP contribution in [0.2, 0.25) is 0 Å². The first-order valence-electron chi connectivity index (χ1n) is 6.67. The lowest BCUT2D eigenvalue weighted by atomic mass is 10.1. The maximum absolute atomic E-state index is 5.10. The summed E-state index contributed by atoms with van der Waals surface area (Å²) < 4.78 is 5.10. The van der Waals surface area contributed by atoms with Crippen LogP contribution in [-0.2, 0) is 6.54 Å². The Morgan fingerprint density at radius 2 is 2.42 bits per heavy atom. The molecule has 0 aliphatic carbocycles. The Balaban J connectivity index is 1.63. The summed E-state index contributed by atoms with van der Waals surface area (Å²) in [6.45, 7) is 2.83. The minimum Gasteiger partial charge on any atom is -0.481 e. The van der Waals surface area contributed by atoms with Crippen molar-refractivity contribution >= 4 is 0 Å². The number of methoxy groups -OCH3 is 1. The van der Waals surface area contributed by atoms with Gasteiger partial charge in [-0.15, -0.1) is 0 Å². The van der Waals surface area contributed by atoms with Gasteiger partial charge in [-0.25, -0.2) is 4.98 Å². The molecule has 0 bridgehead atoms. The summed E-state index contributed by atoms with van der Waals surface area (Å²) in [6.07, 6.45) is 10.5. The zero-order valence-electron chi connectivity index (χ0n) is 11.4. The molecule has 1 aliphatic rings. The second-order valence-corrected chi connectivity index (χ2v) is 4.51. The molecule has 0 spiro atoms. The number of hydrogen-bond donors (Lipinski definition) is 2. The van der Waals surface area contributed by atoms with Crippen molar-refractivity contribution in [3.05, 3.63) is 47.8 Å². The SMILES string of the molecule is COc1cc(CNCCCC2=CCNC=C2)ccn1. The van der Waals surface area contributed by atoms with Crippen LogP contribution in [0.25, 0.3) is 0 Å². The van der Waals surface area contributed by atoms with Gasteiger partial charge < -0.3 is 15.4 Å². The molecule has 102 valence electrons. The van der Waals surface area contributed by atoms with Crippen molar-refractivity contribution in [1.82, 2.24) is 15.6 Å². The van der Waals surface area contributed by atoms with E-state index in [4.69, 9.17) is 4.74 Å². The van der Waals surface area contributed by atoms with Crippen LogP contribution in [0.1, 0.15) is 18.4 Å². The maximum atomic E-state index is 5.10. The second kappa shape index (κ2) is 7.59. The summed E-state index contributed by atoms with van der Waals surface area (Å²) in [4.78, 5) is 4.09. The monoisotopic (exact) mass is 259 g/mol. The fraction of sp³-hybridized carbons (Fsp3) is 0.400. The van der Waals surface area contributed by atoms with Gasteiger partial charge in [-0.2, -0.15) is 0 Å². The van der Waals surface area contributed by atoms with E-state index in [1.807, 2.05) is 18.3 Å². The molecule has 1 aromatic heterocycles. The van der Waals surface area contributed by atoms with Crippen LogP contribution >= 0.6 is 0 Å². The van der Waals surface area contributed by atoms with Crippen LogP contribution < -0.4 is 15.4 Å². The first-order valence-corrected chi connectivity index (χ1v) is 6.67. The molecule has 19 heavy (non-hydrogen) atoms. The van der Waals surface area contributed by atoms with Crippen molar-refractivity contribution in [3.63, 3.8) is 0 Å². The molecule has 4 heteroatoms. The van der Waals surface area contributed by atoms with Gasteiger partial charge in [-0.1, -0.05) is 6.08 Å². The van der Waals surface area contributed by atoms with Gasteiger partial charge >= 0.3 is 0 Å². The van der Waals surface area contributed by atoms with Crippen molar-refractivity contribution in [1.29, 1.82) is 0 Å². The first-order chi connectivity index (χ1) is 9.38. The van der Waals surface area contributed by atoms with E-state index < -0.39 is 0 Å². The van der Waals surface area contributed by atoms with Crippen molar-refractivity contribution in [2.45, 2.75) is 19.4 Å².